The smallest absolute Gasteiger partial charge is 0.247 e. The maximum atomic E-state index is 12.5. The third-order valence-corrected chi connectivity index (χ3v) is 5.38. The molecule has 1 aromatic heterocycles. The van der Waals surface area contributed by atoms with Crippen LogP contribution in [0.1, 0.15) is 24.2 Å². The van der Waals surface area contributed by atoms with E-state index in [1.165, 1.54) is 4.31 Å². The molecule has 0 bridgehead atoms. The average Bonchev–Trinajstić information content (AvgIpc) is 2.85. The van der Waals surface area contributed by atoms with Gasteiger partial charge in [0.1, 0.15) is 4.90 Å². The number of aromatic amines is 1. The highest BCUT2D eigenvalue weighted by atomic mass is 32.2. The van der Waals surface area contributed by atoms with Gasteiger partial charge in [-0.1, -0.05) is 0 Å². The predicted molar refractivity (Wildman–Crippen MR) is 62.1 cm³/mol. The molecule has 0 amide bonds. The number of hydrogen-bond acceptors (Lipinski definition) is 4. The molecule has 6 nitrogen and oxygen atoms in total. The summed E-state index contributed by atoms with van der Waals surface area (Å²) >= 11 is 0. The van der Waals surface area contributed by atoms with Crippen molar-refractivity contribution in [3.63, 3.8) is 0 Å². The van der Waals surface area contributed by atoms with E-state index in [0.717, 1.165) is 6.42 Å². The zero-order chi connectivity index (χ0) is 12.6. The minimum Gasteiger partial charge on any atom is -0.395 e. The topological polar surface area (TPSA) is 86.3 Å². The van der Waals surface area contributed by atoms with E-state index >= 15 is 0 Å². The summed E-state index contributed by atoms with van der Waals surface area (Å²) in [5, 5.41) is 15.8. The number of aryl methyl sites for hydroxylation is 2. The van der Waals surface area contributed by atoms with Crippen molar-refractivity contribution in [2.45, 2.75) is 37.6 Å². The fraction of sp³-hybridized carbons (Fsp3) is 0.700. The number of rotatable bonds is 3. The van der Waals surface area contributed by atoms with Crippen LogP contribution in [0.3, 0.4) is 0 Å². The molecule has 0 aromatic carbocycles. The Morgan fingerprint density at radius 2 is 2.24 bits per heavy atom. The van der Waals surface area contributed by atoms with Crippen LogP contribution in [0.15, 0.2) is 4.90 Å². The molecule has 0 aliphatic carbocycles. The summed E-state index contributed by atoms with van der Waals surface area (Å²) in [6, 6.07) is -0.298. The lowest BCUT2D eigenvalue weighted by Crippen LogP contribution is -2.38. The van der Waals surface area contributed by atoms with Gasteiger partial charge in [-0.2, -0.15) is 9.40 Å². The molecule has 1 saturated heterocycles. The Morgan fingerprint density at radius 3 is 2.76 bits per heavy atom. The Labute approximate surface area is 101 Å². The van der Waals surface area contributed by atoms with Crippen molar-refractivity contribution in [3.05, 3.63) is 11.4 Å². The van der Waals surface area contributed by atoms with Gasteiger partial charge < -0.3 is 5.11 Å². The number of nitrogens with one attached hydrogen (secondary N) is 1. The summed E-state index contributed by atoms with van der Waals surface area (Å²) in [5.41, 5.74) is 1.03. The maximum absolute atomic E-state index is 12.5. The molecule has 2 rings (SSSR count). The van der Waals surface area contributed by atoms with Crippen molar-refractivity contribution in [3.8, 4) is 0 Å². The lowest BCUT2D eigenvalue weighted by atomic mass is 10.2. The van der Waals surface area contributed by atoms with Crippen LogP contribution in [0.4, 0.5) is 0 Å². The number of nitrogens with zero attached hydrogens (tertiary/aromatic N) is 2. The monoisotopic (exact) mass is 259 g/mol. The first-order chi connectivity index (χ1) is 7.98. The third-order valence-electron chi connectivity index (χ3n) is 3.16. The van der Waals surface area contributed by atoms with Gasteiger partial charge in [0.25, 0.3) is 0 Å². The molecule has 1 aliphatic heterocycles. The summed E-state index contributed by atoms with van der Waals surface area (Å²) in [4.78, 5) is 0.248. The van der Waals surface area contributed by atoms with Crippen LogP contribution in [-0.4, -0.2) is 47.2 Å². The normalized spacial score (nSPS) is 22.2. The van der Waals surface area contributed by atoms with Crippen LogP contribution in [0, 0.1) is 13.8 Å². The fourth-order valence-electron chi connectivity index (χ4n) is 2.35. The van der Waals surface area contributed by atoms with E-state index in [-0.39, 0.29) is 17.5 Å². The summed E-state index contributed by atoms with van der Waals surface area (Å²) in [7, 11) is -3.54. The lowest BCUT2D eigenvalue weighted by molar-refractivity contribution is 0.213. The number of aromatic nitrogens is 2. The maximum Gasteiger partial charge on any atom is 0.247 e. The van der Waals surface area contributed by atoms with E-state index in [1.807, 2.05) is 0 Å². The minimum absolute atomic E-state index is 0.130. The molecule has 2 heterocycles. The largest absolute Gasteiger partial charge is 0.395 e. The van der Waals surface area contributed by atoms with Gasteiger partial charge in [0, 0.05) is 12.6 Å². The van der Waals surface area contributed by atoms with Gasteiger partial charge in [0.05, 0.1) is 18.0 Å². The summed E-state index contributed by atoms with van der Waals surface area (Å²) in [6.45, 7) is 3.70. The molecule has 2 N–H and O–H groups in total. The summed E-state index contributed by atoms with van der Waals surface area (Å²) < 4.78 is 26.3. The molecule has 1 atom stereocenters. The number of hydrogen-bond donors (Lipinski definition) is 2. The first kappa shape index (κ1) is 12.5. The fourth-order valence-corrected chi connectivity index (χ4v) is 4.37. The Balaban J connectivity index is 2.43. The third kappa shape index (κ3) is 1.98. The zero-order valence-electron chi connectivity index (χ0n) is 9.97. The van der Waals surface area contributed by atoms with E-state index in [4.69, 9.17) is 0 Å². The lowest BCUT2D eigenvalue weighted by Gasteiger charge is -2.22. The molecule has 96 valence electrons. The molecule has 1 fully saturated rings. The molecular weight excluding hydrogens is 242 g/mol. The quantitative estimate of drug-likeness (QED) is 0.810. The van der Waals surface area contributed by atoms with E-state index in [0.29, 0.717) is 24.4 Å². The highest BCUT2D eigenvalue weighted by molar-refractivity contribution is 7.89. The van der Waals surface area contributed by atoms with E-state index in [9.17, 15) is 13.5 Å². The van der Waals surface area contributed by atoms with E-state index < -0.39 is 10.0 Å². The van der Waals surface area contributed by atoms with E-state index in [2.05, 4.69) is 10.2 Å². The summed E-state index contributed by atoms with van der Waals surface area (Å²) in [5.74, 6) is 0. The molecule has 1 aliphatic rings. The van der Waals surface area contributed by atoms with Gasteiger partial charge in [-0.25, -0.2) is 8.42 Å². The van der Waals surface area contributed by atoms with Crippen LogP contribution < -0.4 is 0 Å². The summed E-state index contributed by atoms with van der Waals surface area (Å²) in [6.07, 6.45) is 1.51. The number of aliphatic hydroxyl groups is 1. The van der Waals surface area contributed by atoms with Crippen LogP contribution in [-0.2, 0) is 10.0 Å². The Morgan fingerprint density at radius 1 is 1.53 bits per heavy atom. The second-order valence-electron chi connectivity index (χ2n) is 4.36. The zero-order valence-corrected chi connectivity index (χ0v) is 10.8. The second-order valence-corrected chi connectivity index (χ2v) is 6.18. The van der Waals surface area contributed by atoms with Crippen LogP contribution in [0.25, 0.3) is 0 Å². The van der Waals surface area contributed by atoms with Crippen molar-refractivity contribution in [1.29, 1.82) is 0 Å². The Hall–Kier alpha value is -0.920. The predicted octanol–water partition coefficient (Wildman–Crippen LogP) is 0.172. The Bertz CT molecular complexity index is 489. The molecule has 0 radical (unpaired) electrons. The van der Waals surface area contributed by atoms with Crippen molar-refractivity contribution >= 4 is 10.0 Å². The van der Waals surface area contributed by atoms with Crippen molar-refractivity contribution in [1.82, 2.24) is 14.5 Å². The van der Waals surface area contributed by atoms with Crippen LogP contribution in [0.5, 0.6) is 0 Å². The number of aliphatic hydroxyl groups excluding tert-OH is 1. The molecule has 1 aromatic rings. The van der Waals surface area contributed by atoms with Crippen LogP contribution >= 0.6 is 0 Å². The number of sulfonamides is 1. The molecule has 0 unspecified atom stereocenters. The minimum atomic E-state index is -3.54. The van der Waals surface area contributed by atoms with Gasteiger partial charge in [-0.3, -0.25) is 5.10 Å². The number of H-pyrrole nitrogens is 1. The Kier molecular flexibility index (Phi) is 3.24. The SMILES string of the molecule is Cc1n[nH]c(C)c1S(=O)(=O)N1CCC[C@@H]1CO. The molecule has 7 heteroatoms. The average molecular weight is 259 g/mol. The molecular formula is C10H17N3O3S. The van der Waals surface area contributed by atoms with Gasteiger partial charge in [0.15, 0.2) is 0 Å². The van der Waals surface area contributed by atoms with Gasteiger partial charge in [0.2, 0.25) is 10.0 Å². The highest BCUT2D eigenvalue weighted by Crippen LogP contribution is 2.28. The standard InChI is InChI=1S/C10H17N3O3S/c1-7-10(8(2)12-11-7)17(15,16)13-5-3-4-9(13)6-14/h9,14H,3-6H2,1-2H3,(H,11,12)/t9-/m1/s1. The first-order valence-corrected chi connectivity index (χ1v) is 7.06. The first-order valence-electron chi connectivity index (χ1n) is 5.62. The van der Waals surface area contributed by atoms with Crippen molar-refractivity contribution in [2.24, 2.45) is 0 Å². The van der Waals surface area contributed by atoms with E-state index in [1.54, 1.807) is 13.8 Å². The van der Waals surface area contributed by atoms with Crippen molar-refractivity contribution in [2.75, 3.05) is 13.2 Å². The van der Waals surface area contributed by atoms with Gasteiger partial charge in [-0.05, 0) is 26.7 Å². The molecule has 0 saturated carbocycles. The second kappa shape index (κ2) is 4.40. The molecule has 0 spiro atoms. The van der Waals surface area contributed by atoms with Crippen molar-refractivity contribution < 1.29 is 13.5 Å². The van der Waals surface area contributed by atoms with Gasteiger partial charge >= 0.3 is 0 Å². The highest BCUT2D eigenvalue weighted by Gasteiger charge is 2.37. The van der Waals surface area contributed by atoms with Crippen LogP contribution in [0.2, 0.25) is 0 Å². The van der Waals surface area contributed by atoms with Gasteiger partial charge in [-0.15, -0.1) is 0 Å². The molecule has 17 heavy (non-hydrogen) atoms.